The molecule has 0 unspecified atom stereocenters. The first kappa shape index (κ1) is 28.3. The molecule has 10 aromatic rings. The molecule has 6 aromatic carbocycles. The van der Waals surface area contributed by atoms with Gasteiger partial charge in [0.2, 0.25) is 5.95 Å². The lowest BCUT2D eigenvalue weighted by Crippen LogP contribution is -2.06. The fraction of sp³-hybridized carbons (Fsp3) is 0.0465. The maximum atomic E-state index is 5.43. The molecule has 0 amide bonds. The second-order valence-corrected chi connectivity index (χ2v) is 12.4. The molecule has 7 heteroatoms. The fourth-order valence-electron chi connectivity index (χ4n) is 7.38. The Hall–Kier alpha value is -6.73. The number of nitrogens with zero attached hydrogens (tertiary/aromatic N) is 5. The zero-order valence-electron chi connectivity index (χ0n) is 27.3. The first-order valence-corrected chi connectivity index (χ1v) is 16.5. The number of rotatable bonds is 5. The van der Waals surface area contributed by atoms with Crippen LogP contribution in [0.3, 0.4) is 0 Å². The number of para-hydroxylation sites is 2. The van der Waals surface area contributed by atoms with Crippen molar-refractivity contribution in [1.82, 2.24) is 23.9 Å². The van der Waals surface area contributed by atoms with Crippen molar-refractivity contribution in [2.24, 2.45) is 0 Å². The summed E-state index contributed by atoms with van der Waals surface area (Å²) in [5.41, 5.74) is 7.30. The second-order valence-electron chi connectivity index (χ2n) is 12.4. The Bertz CT molecular complexity index is 2880. The SMILES string of the molecule is COc1ccc(-c2nc(-c3ccc(OC)cc3)nc(-n3c4ccccc4c4cc5c(cc43)cc3c4ccccc4c4ccccc4n53)n2)cc1. The van der Waals surface area contributed by atoms with Crippen LogP contribution in [0.15, 0.2) is 140 Å². The number of hydrogen-bond donors (Lipinski definition) is 0. The number of pyridine rings is 1. The van der Waals surface area contributed by atoms with E-state index in [9.17, 15) is 0 Å². The minimum Gasteiger partial charge on any atom is -0.497 e. The van der Waals surface area contributed by atoms with Crippen molar-refractivity contribution < 1.29 is 9.47 Å². The van der Waals surface area contributed by atoms with E-state index in [2.05, 4.69) is 100.0 Å². The van der Waals surface area contributed by atoms with Gasteiger partial charge in [0.05, 0.1) is 41.8 Å². The van der Waals surface area contributed by atoms with Gasteiger partial charge in [-0.15, -0.1) is 0 Å². The molecule has 4 heterocycles. The number of benzene rings is 6. The van der Waals surface area contributed by atoms with Gasteiger partial charge in [-0.3, -0.25) is 4.57 Å². The smallest absolute Gasteiger partial charge is 0.238 e. The average Bonchev–Trinajstić information content (AvgIpc) is 3.72. The Morgan fingerprint density at radius 3 is 1.52 bits per heavy atom. The number of hydrogen-bond acceptors (Lipinski definition) is 5. The molecule has 0 aliphatic heterocycles. The van der Waals surface area contributed by atoms with Crippen LogP contribution in [0.2, 0.25) is 0 Å². The molecular weight excluding hydrogens is 619 g/mol. The average molecular weight is 648 g/mol. The van der Waals surface area contributed by atoms with E-state index in [-0.39, 0.29) is 0 Å². The molecule has 0 atom stereocenters. The highest BCUT2D eigenvalue weighted by molar-refractivity contribution is 6.18. The van der Waals surface area contributed by atoms with Gasteiger partial charge in [0.25, 0.3) is 0 Å². The summed E-state index contributed by atoms with van der Waals surface area (Å²) in [4.78, 5) is 15.2. The van der Waals surface area contributed by atoms with Crippen molar-refractivity contribution >= 4 is 59.9 Å². The highest BCUT2D eigenvalue weighted by atomic mass is 16.5. The van der Waals surface area contributed by atoms with Crippen LogP contribution < -0.4 is 9.47 Å². The van der Waals surface area contributed by atoms with Crippen LogP contribution in [-0.2, 0) is 0 Å². The molecule has 238 valence electrons. The van der Waals surface area contributed by atoms with Crippen molar-refractivity contribution in [3.05, 3.63) is 140 Å². The molecule has 7 nitrogen and oxygen atoms in total. The molecular formula is C43H29N5O2. The number of fused-ring (bicyclic) bond motifs is 11. The third kappa shape index (κ3) is 4.20. The third-order valence-corrected chi connectivity index (χ3v) is 9.75. The maximum Gasteiger partial charge on any atom is 0.238 e. The highest BCUT2D eigenvalue weighted by Crippen LogP contribution is 2.39. The zero-order chi connectivity index (χ0) is 33.3. The molecule has 0 radical (unpaired) electrons. The maximum absolute atomic E-state index is 5.43. The van der Waals surface area contributed by atoms with Gasteiger partial charge >= 0.3 is 0 Å². The topological polar surface area (TPSA) is 66.5 Å². The molecule has 0 saturated carbocycles. The van der Waals surface area contributed by atoms with E-state index in [4.69, 9.17) is 24.4 Å². The van der Waals surface area contributed by atoms with E-state index in [1.54, 1.807) is 14.2 Å². The second kappa shape index (κ2) is 10.9. The monoisotopic (exact) mass is 647 g/mol. The van der Waals surface area contributed by atoms with Crippen LogP contribution in [0, 0.1) is 0 Å². The fourth-order valence-corrected chi connectivity index (χ4v) is 7.38. The summed E-state index contributed by atoms with van der Waals surface area (Å²) in [6, 6.07) is 48.4. The van der Waals surface area contributed by atoms with Crippen molar-refractivity contribution in [2.75, 3.05) is 14.2 Å². The van der Waals surface area contributed by atoms with E-state index >= 15 is 0 Å². The summed E-state index contributed by atoms with van der Waals surface area (Å²) >= 11 is 0. The third-order valence-electron chi connectivity index (χ3n) is 9.75. The zero-order valence-corrected chi connectivity index (χ0v) is 27.3. The van der Waals surface area contributed by atoms with E-state index in [0.717, 1.165) is 55.3 Å². The van der Waals surface area contributed by atoms with Crippen LogP contribution in [0.4, 0.5) is 0 Å². The predicted molar refractivity (Wildman–Crippen MR) is 202 cm³/mol. The Balaban J connectivity index is 1.29. The molecule has 0 N–H and O–H groups in total. The minimum absolute atomic E-state index is 0.543. The van der Waals surface area contributed by atoms with Crippen LogP contribution in [-0.4, -0.2) is 38.1 Å². The first-order valence-electron chi connectivity index (χ1n) is 16.5. The van der Waals surface area contributed by atoms with Crippen LogP contribution in [0.5, 0.6) is 11.5 Å². The molecule has 0 saturated heterocycles. The summed E-state index contributed by atoms with van der Waals surface area (Å²) < 4.78 is 15.4. The Morgan fingerprint density at radius 2 is 0.920 bits per heavy atom. The summed E-state index contributed by atoms with van der Waals surface area (Å²) in [7, 11) is 3.33. The summed E-state index contributed by atoms with van der Waals surface area (Å²) in [6.07, 6.45) is 0. The van der Waals surface area contributed by atoms with E-state index in [1.807, 2.05) is 48.5 Å². The van der Waals surface area contributed by atoms with Crippen molar-refractivity contribution in [3.8, 4) is 40.2 Å². The Labute approximate surface area is 286 Å². The molecule has 4 aromatic heterocycles. The number of aromatic nitrogens is 5. The lowest BCUT2D eigenvalue weighted by Gasteiger charge is -2.11. The number of methoxy groups -OCH3 is 2. The summed E-state index contributed by atoms with van der Waals surface area (Å²) in [5, 5.41) is 7.11. The largest absolute Gasteiger partial charge is 0.497 e. The standard InChI is InChI=1S/C43H29N5O2/c1-49-29-19-15-26(16-20-29)41-44-42(27-17-21-30(50-2)22-18-27)46-43(45-41)48-37-14-8-6-12-34(37)35-25-38-28(24-40(35)48)23-39-33-11-4-3-9-31(33)32-10-5-7-13-36(32)47(38)39/h3-25H,1-2H3. The van der Waals surface area contributed by atoms with Gasteiger partial charge in [-0.05, 0) is 84.2 Å². The molecule has 0 spiro atoms. The molecule has 10 rings (SSSR count). The molecule has 0 aliphatic rings. The predicted octanol–water partition coefficient (Wildman–Crippen LogP) is 10.0. The van der Waals surface area contributed by atoms with E-state index in [0.29, 0.717) is 17.6 Å². The highest BCUT2D eigenvalue weighted by Gasteiger charge is 2.20. The van der Waals surface area contributed by atoms with Gasteiger partial charge in [-0.1, -0.05) is 60.7 Å². The first-order chi connectivity index (χ1) is 24.7. The molecule has 0 bridgehead atoms. The van der Waals surface area contributed by atoms with Gasteiger partial charge in [0.15, 0.2) is 11.6 Å². The summed E-state index contributed by atoms with van der Waals surface area (Å²) in [5.74, 6) is 3.23. The van der Waals surface area contributed by atoms with Gasteiger partial charge in [-0.2, -0.15) is 9.97 Å². The van der Waals surface area contributed by atoms with Gasteiger partial charge in [0, 0.05) is 38.1 Å². The van der Waals surface area contributed by atoms with Crippen molar-refractivity contribution in [3.63, 3.8) is 0 Å². The molecule has 50 heavy (non-hydrogen) atoms. The van der Waals surface area contributed by atoms with Crippen molar-refractivity contribution in [2.45, 2.75) is 0 Å². The van der Waals surface area contributed by atoms with Crippen LogP contribution in [0.1, 0.15) is 0 Å². The lowest BCUT2D eigenvalue weighted by molar-refractivity contribution is 0.415. The summed E-state index contributed by atoms with van der Waals surface area (Å²) in [6.45, 7) is 0. The van der Waals surface area contributed by atoms with Crippen molar-refractivity contribution in [1.29, 1.82) is 0 Å². The molecule has 0 aliphatic carbocycles. The minimum atomic E-state index is 0.543. The van der Waals surface area contributed by atoms with E-state index in [1.165, 1.54) is 27.2 Å². The van der Waals surface area contributed by atoms with Gasteiger partial charge < -0.3 is 13.9 Å². The lowest BCUT2D eigenvalue weighted by atomic mass is 10.1. The Morgan fingerprint density at radius 1 is 0.420 bits per heavy atom. The van der Waals surface area contributed by atoms with Gasteiger partial charge in [0.1, 0.15) is 11.5 Å². The molecule has 0 fully saturated rings. The quantitative estimate of drug-likeness (QED) is 0.174. The number of ether oxygens (including phenoxy) is 2. The normalized spacial score (nSPS) is 11.8. The Kier molecular flexibility index (Phi) is 6.17. The van der Waals surface area contributed by atoms with Crippen LogP contribution >= 0.6 is 0 Å². The van der Waals surface area contributed by atoms with Crippen LogP contribution in [0.25, 0.3) is 88.6 Å². The van der Waals surface area contributed by atoms with E-state index < -0.39 is 0 Å². The van der Waals surface area contributed by atoms with Gasteiger partial charge in [-0.25, -0.2) is 4.98 Å².